The summed E-state index contributed by atoms with van der Waals surface area (Å²) in [6.07, 6.45) is 5.90. The molecule has 1 aliphatic heterocycles. The fraction of sp³-hybridized carbons (Fsp3) is 0.429. The first-order valence-corrected chi connectivity index (χ1v) is 7.49. The Hall–Kier alpha value is -1.46. The van der Waals surface area contributed by atoms with Gasteiger partial charge in [0, 0.05) is 34.6 Å². The van der Waals surface area contributed by atoms with Crippen LogP contribution in [0, 0.1) is 5.92 Å². The Kier molecular flexibility index (Phi) is 2.56. The fourth-order valence-electron chi connectivity index (χ4n) is 3.25. The minimum absolute atomic E-state index is 0.0561. The maximum Gasteiger partial charge on any atom is 0.261 e. The zero-order valence-corrected chi connectivity index (χ0v) is 11.2. The number of carbonyl (C=O) groups excluding carboxylic acids is 1. The molecule has 4 rings (SSSR count). The van der Waals surface area contributed by atoms with E-state index in [1.165, 1.54) is 17.8 Å². The number of nitrogens with one attached hydrogen (secondary N) is 2. The molecular weight excluding hydrogens is 258 g/mol. The Morgan fingerprint density at radius 1 is 1.47 bits per heavy atom. The zero-order chi connectivity index (χ0) is 12.8. The summed E-state index contributed by atoms with van der Waals surface area (Å²) in [5.74, 6) is 0.808. The summed E-state index contributed by atoms with van der Waals surface area (Å²) in [6, 6.07) is 4.67. The number of hydrogen-bond acceptors (Lipinski definition) is 4. The van der Waals surface area contributed by atoms with Crippen LogP contribution in [0.15, 0.2) is 24.5 Å². The molecule has 3 atom stereocenters. The molecule has 2 fully saturated rings. The third kappa shape index (κ3) is 1.93. The van der Waals surface area contributed by atoms with Gasteiger partial charge in [-0.1, -0.05) is 0 Å². The van der Waals surface area contributed by atoms with Crippen molar-refractivity contribution in [2.75, 3.05) is 6.54 Å². The molecule has 2 aromatic heterocycles. The van der Waals surface area contributed by atoms with Gasteiger partial charge in [-0.05, 0) is 37.4 Å². The molecule has 0 radical (unpaired) electrons. The fourth-order valence-corrected chi connectivity index (χ4v) is 4.18. The molecule has 2 bridgehead atoms. The summed E-state index contributed by atoms with van der Waals surface area (Å²) in [5.41, 5.74) is 0. The predicted octanol–water partition coefficient (Wildman–Crippen LogP) is 1.78. The van der Waals surface area contributed by atoms with Crippen molar-refractivity contribution in [1.29, 1.82) is 0 Å². The van der Waals surface area contributed by atoms with Gasteiger partial charge in [0.2, 0.25) is 0 Å². The minimum Gasteiger partial charge on any atom is -0.347 e. The van der Waals surface area contributed by atoms with E-state index in [4.69, 9.17) is 0 Å². The summed E-state index contributed by atoms with van der Waals surface area (Å²) < 4.78 is 1.12. The van der Waals surface area contributed by atoms with Gasteiger partial charge in [-0.25, -0.2) is 0 Å². The number of nitrogens with zero attached hydrogens (tertiary/aromatic N) is 1. The van der Waals surface area contributed by atoms with Crippen LogP contribution < -0.4 is 10.6 Å². The van der Waals surface area contributed by atoms with Crippen LogP contribution in [-0.2, 0) is 0 Å². The van der Waals surface area contributed by atoms with Crippen molar-refractivity contribution in [3.63, 3.8) is 0 Å². The highest BCUT2D eigenvalue weighted by atomic mass is 32.1. The van der Waals surface area contributed by atoms with Crippen LogP contribution in [0.5, 0.6) is 0 Å². The summed E-state index contributed by atoms with van der Waals surface area (Å²) in [7, 11) is 0. The maximum absolute atomic E-state index is 12.3. The lowest BCUT2D eigenvalue weighted by atomic mass is 10.1. The van der Waals surface area contributed by atoms with E-state index in [1.807, 2.05) is 18.3 Å². The van der Waals surface area contributed by atoms with Crippen LogP contribution in [0.1, 0.15) is 22.5 Å². The van der Waals surface area contributed by atoms with Gasteiger partial charge in [-0.15, -0.1) is 11.3 Å². The van der Waals surface area contributed by atoms with Crippen LogP contribution in [-0.4, -0.2) is 29.5 Å². The highest BCUT2D eigenvalue weighted by Crippen LogP contribution is 2.32. The van der Waals surface area contributed by atoms with Gasteiger partial charge in [0.1, 0.15) is 0 Å². The second-order valence-electron chi connectivity index (χ2n) is 5.46. The van der Waals surface area contributed by atoms with Gasteiger partial charge in [0.25, 0.3) is 5.91 Å². The van der Waals surface area contributed by atoms with Crippen molar-refractivity contribution in [3.05, 3.63) is 29.4 Å². The predicted molar refractivity (Wildman–Crippen MR) is 75.4 cm³/mol. The molecule has 19 heavy (non-hydrogen) atoms. The monoisotopic (exact) mass is 273 g/mol. The molecule has 0 aromatic carbocycles. The molecule has 3 heterocycles. The normalized spacial score (nSPS) is 28.9. The van der Waals surface area contributed by atoms with Gasteiger partial charge >= 0.3 is 0 Å². The number of rotatable bonds is 2. The summed E-state index contributed by atoms with van der Waals surface area (Å²) in [6.45, 7) is 1.12. The second-order valence-corrected chi connectivity index (χ2v) is 6.54. The molecule has 1 saturated heterocycles. The van der Waals surface area contributed by atoms with E-state index < -0.39 is 0 Å². The molecule has 3 unspecified atom stereocenters. The number of amides is 1. The highest BCUT2D eigenvalue weighted by Gasteiger charge is 2.40. The third-order valence-electron chi connectivity index (χ3n) is 4.19. The van der Waals surface area contributed by atoms with Crippen molar-refractivity contribution in [2.24, 2.45) is 5.92 Å². The SMILES string of the molecule is O=C(NC1CC2CNC1C2)c1cc2cnccc2s1. The maximum atomic E-state index is 12.3. The summed E-state index contributed by atoms with van der Waals surface area (Å²) in [4.78, 5) is 17.2. The van der Waals surface area contributed by atoms with E-state index in [9.17, 15) is 4.79 Å². The average Bonchev–Trinajstić information content (AvgIpc) is 3.12. The molecule has 1 aliphatic carbocycles. The zero-order valence-electron chi connectivity index (χ0n) is 10.4. The topological polar surface area (TPSA) is 54.0 Å². The molecule has 1 amide bonds. The lowest BCUT2D eigenvalue weighted by Crippen LogP contribution is -2.47. The van der Waals surface area contributed by atoms with Crippen molar-refractivity contribution in [2.45, 2.75) is 24.9 Å². The van der Waals surface area contributed by atoms with Crippen LogP contribution in [0.4, 0.5) is 0 Å². The van der Waals surface area contributed by atoms with Crippen molar-refractivity contribution < 1.29 is 4.79 Å². The first kappa shape index (κ1) is 11.4. The number of carbonyl (C=O) groups is 1. The van der Waals surface area contributed by atoms with Gasteiger partial charge in [-0.3, -0.25) is 9.78 Å². The molecule has 2 N–H and O–H groups in total. The molecule has 1 saturated carbocycles. The van der Waals surface area contributed by atoms with Gasteiger partial charge < -0.3 is 10.6 Å². The number of hydrogen-bond donors (Lipinski definition) is 2. The van der Waals surface area contributed by atoms with E-state index in [0.717, 1.165) is 33.8 Å². The minimum atomic E-state index is 0.0561. The quantitative estimate of drug-likeness (QED) is 0.877. The van der Waals surface area contributed by atoms with Crippen LogP contribution in [0.3, 0.4) is 0 Å². The van der Waals surface area contributed by atoms with Gasteiger partial charge in [0.05, 0.1) is 4.88 Å². The number of aromatic nitrogens is 1. The number of piperidine rings is 1. The van der Waals surface area contributed by atoms with E-state index in [2.05, 4.69) is 15.6 Å². The largest absolute Gasteiger partial charge is 0.347 e. The molecule has 98 valence electrons. The Morgan fingerprint density at radius 3 is 3.16 bits per heavy atom. The van der Waals surface area contributed by atoms with Gasteiger partial charge in [-0.2, -0.15) is 0 Å². The second kappa shape index (κ2) is 4.28. The molecule has 5 heteroatoms. The Bertz CT molecular complexity index is 605. The molecule has 0 spiro atoms. The number of thiophene rings is 1. The molecular formula is C14H15N3OS. The van der Waals surface area contributed by atoms with Crippen LogP contribution in [0.25, 0.3) is 10.1 Å². The van der Waals surface area contributed by atoms with E-state index >= 15 is 0 Å². The van der Waals surface area contributed by atoms with Crippen LogP contribution >= 0.6 is 11.3 Å². The van der Waals surface area contributed by atoms with Gasteiger partial charge in [0.15, 0.2) is 0 Å². The number of fused-ring (bicyclic) bond motifs is 3. The first-order valence-electron chi connectivity index (χ1n) is 6.67. The third-order valence-corrected chi connectivity index (χ3v) is 5.30. The molecule has 2 aliphatic rings. The first-order chi connectivity index (χ1) is 9.29. The molecule has 2 aromatic rings. The summed E-state index contributed by atoms with van der Waals surface area (Å²) in [5, 5.41) is 7.69. The lowest BCUT2D eigenvalue weighted by molar-refractivity contribution is 0.0932. The number of pyridine rings is 1. The van der Waals surface area contributed by atoms with Crippen molar-refractivity contribution in [3.8, 4) is 0 Å². The summed E-state index contributed by atoms with van der Waals surface area (Å²) >= 11 is 1.54. The van der Waals surface area contributed by atoms with Crippen molar-refractivity contribution in [1.82, 2.24) is 15.6 Å². The van der Waals surface area contributed by atoms with Crippen LogP contribution in [0.2, 0.25) is 0 Å². The Labute approximate surface area is 115 Å². The molecule has 4 nitrogen and oxygen atoms in total. The average molecular weight is 273 g/mol. The van der Waals surface area contributed by atoms with E-state index in [1.54, 1.807) is 6.20 Å². The van der Waals surface area contributed by atoms with E-state index in [0.29, 0.717) is 12.1 Å². The standard InChI is InChI=1S/C14H15N3OS/c18-14(17-11-4-8-3-10(11)16-6-8)13-5-9-7-15-2-1-12(9)19-13/h1-2,5,7-8,10-11,16H,3-4,6H2,(H,17,18). The lowest BCUT2D eigenvalue weighted by Gasteiger charge is -2.23. The Balaban J connectivity index is 1.53. The highest BCUT2D eigenvalue weighted by molar-refractivity contribution is 7.20. The smallest absolute Gasteiger partial charge is 0.261 e. The van der Waals surface area contributed by atoms with E-state index in [-0.39, 0.29) is 5.91 Å². The Morgan fingerprint density at radius 2 is 2.42 bits per heavy atom. The van der Waals surface area contributed by atoms with Crippen molar-refractivity contribution >= 4 is 27.3 Å².